The predicted molar refractivity (Wildman–Crippen MR) is 79.2 cm³/mol. The second-order valence-electron chi connectivity index (χ2n) is 5.08. The van der Waals surface area contributed by atoms with E-state index in [9.17, 15) is 10.1 Å². The van der Waals surface area contributed by atoms with E-state index in [0.717, 1.165) is 18.8 Å². The Kier molecular flexibility index (Phi) is 3.84. The third-order valence-electron chi connectivity index (χ3n) is 3.03. The van der Waals surface area contributed by atoms with Crippen molar-refractivity contribution in [2.45, 2.75) is 18.6 Å². The maximum Gasteiger partial charge on any atom is 0.311 e. The summed E-state index contributed by atoms with van der Waals surface area (Å²) in [5.41, 5.74) is 0.0710. The molecule has 1 saturated heterocycles. The standard InChI is InChI=1S/C12H18N4O2S/c1-12(2)8-15(6-7-19-12)11-9(16(17)18)4-5-10(13-3)14-11/h4-5H,6-8H2,1-3H3,(H,13,14). The van der Waals surface area contributed by atoms with Crippen LogP contribution in [0.2, 0.25) is 0 Å². The number of nitrogens with zero attached hydrogens (tertiary/aromatic N) is 3. The lowest BCUT2D eigenvalue weighted by Crippen LogP contribution is -2.43. The predicted octanol–water partition coefficient (Wildman–Crippen LogP) is 2.36. The molecule has 0 saturated carbocycles. The van der Waals surface area contributed by atoms with Crippen molar-refractivity contribution in [2.24, 2.45) is 0 Å². The quantitative estimate of drug-likeness (QED) is 0.678. The third kappa shape index (κ3) is 3.09. The molecule has 0 spiro atoms. The number of rotatable bonds is 3. The summed E-state index contributed by atoms with van der Waals surface area (Å²) in [5, 5.41) is 14.1. The lowest BCUT2D eigenvalue weighted by Gasteiger charge is -2.37. The van der Waals surface area contributed by atoms with Gasteiger partial charge in [0.2, 0.25) is 5.82 Å². The fraction of sp³-hybridized carbons (Fsp3) is 0.583. The highest BCUT2D eigenvalue weighted by molar-refractivity contribution is 8.00. The molecule has 1 fully saturated rings. The molecule has 0 unspecified atom stereocenters. The summed E-state index contributed by atoms with van der Waals surface area (Å²) < 4.78 is 0.0868. The molecule has 0 radical (unpaired) electrons. The van der Waals surface area contributed by atoms with Crippen LogP contribution in [0.3, 0.4) is 0 Å². The molecule has 19 heavy (non-hydrogen) atoms. The van der Waals surface area contributed by atoms with Crippen molar-refractivity contribution in [1.29, 1.82) is 0 Å². The zero-order chi connectivity index (χ0) is 14.0. The topological polar surface area (TPSA) is 71.3 Å². The van der Waals surface area contributed by atoms with Crippen LogP contribution in [0, 0.1) is 10.1 Å². The number of thioether (sulfide) groups is 1. The molecule has 1 aromatic heterocycles. The second kappa shape index (κ2) is 5.24. The third-order valence-corrected chi connectivity index (χ3v) is 4.33. The minimum absolute atomic E-state index is 0.0710. The zero-order valence-corrected chi connectivity index (χ0v) is 12.2. The molecular weight excluding hydrogens is 264 g/mol. The van der Waals surface area contributed by atoms with E-state index in [1.54, 1.807) is 13.1 Å². The van der Waals surface area contributed by atoms with E-state index in [1.807, 2.05) is 16.7 Å². The van der Waals surface area contributed by atoms with Crippen molar-refractivity contribution < 1.29 is 4.92 Å². The van der Waals surface area contributed by atoms with Gasteiger partial charge in [0.1, 0.15) is 5.82 Å². The molecule has 0 aliphatic carbocycles. The van der Waals surface area contributed by atoms with Gasteiger partial charge >= 0.3 is 5.69 Å². The van der Waals surface area contributed by atoms with Crippen LogP contribution >= 0.6 is 11.8 Å². The first-order chi connectivity index (χ1) is 8.93. The molecule has 0 aromatic carbocycles. The van der Waals surface area contributed by atoms with Crippen molar-refractivity contribution in [2.75, 3.05) is 36.1 Å². The van der Waals surface area contributed by atoms with Gasteiger partial charge in [-0.2, -0.15) is 11.8 Å². The molecular formula is C12H18N4O2S. The van der Waals surface area contributed by atoms with Crippen LogP contribution < -0.4 is 10.2 Å². The number of nitro groups is 1. The maximum absolute atomic E-state index is 11.1. The van der Waals surface area contributed by atoms with Crippen LogP contribution in [-0.2, 0) is 0 Å². The summed E-state index contributed by atoms with van der Waals surface area (Å²) in [6.07, 6.45) is 0. The molecule has 0 bridgehead atoms. The fourth-order valence-corrected chi connectivity index (χ4v) is 3.26. The summed E-state index contributed by atoms with van der Waals surface area (Å²) in [5.74, 6) is 2.07. The summed E-state index contributed by atoms with van der Waals surface area (Å²) in [6, 6.07) is 3.15. The van der Waals surface area contributed by atoms with Crippen molar-refractivity contribution in [3.05, 3.63) is 22.2 Å². The van der Waals surface area contributed by atoms with Gasteiger partial charge in [-0.3, -0.25) is 10.1 Å². The Labute approximate surface area is 116 Å². The second-order valence-corrected chi connectivity index (χ2v) is 6.88. The molecule has 2 rings (SSSR count). The normalized spacial score (nSPS) is 18.2. The minimum Gasteiger partial charge on any atom is -0.373 e. The molecule has 1 aliphatic rings. The lowest BCUT2D eigenvalue weighted by atomic mass is 10.2. The maximum atomic E-state index is 11.1. The van der Waals surface area contributed by atoms with Gasteiger partial charge in [-0.05, 0) is 19.9 Å². The molecule has 0 amide bonds. The summed E-state index contributed by atoms with van der Waals surface area (Å²) in [7, 11) is 1.76. The smallest absolute Gasteiger partial charge is 0.311 e. The monoisotopic (exact) mass is 282 g/mol. The molecule has 2 heterocycles. The van der Waals surface area contributed by atoms with E-state index in [-0.39, 0.29) is 15.4 Å². The summed E-state index contributed by atoms with van der Waals surface area (Å²) in [6.45, 7) is 5.85. The van der Waals surface area contributed by atoms with Crippen molar-refractivity contribution in [1.82, 2.24) is 4.98 Å². The Hall–Kier alpha value is -1.50. The Balaban J connectivity index is 2.38. The number of hydrogen-bond donors (Lipinski definition) is 1. The van der Waals surface area contributed by atoms with Crippen LogP contribution in [-0.4, -0.2) is 40.5 Å². The van der Waals surface area contributed by atoms with Gasteiger partial charge in [0.25, 0.3) is 0 Å². The SMILES string of the molecule is CNc1ccc([N+](=O)[O-])c(N2CCSC(C)(C)C2)n1. The van der Waals surface area contributed by atoms with Crippen molar-refractivity contribution >= 4 is 29.1 Å². The highest BCUT2D eigenvalue weighted by Crippen LogP contribution is 2.35. The summed E-state index contributed by atoms with van der Waals surface area (Å²) in [4.78, 5) is 17.1. The first-order valence-electron chi connectivity index (χ1n) is 6.15. The van der Waals surface area contributed by atoms with Gasteiger partial charge in [-0.25, -0.2) is 4.98 Å². The van der Waals surface area contributed by atoms with E-state index in [2.05, 4.69) is 24.1 Å². The number of pyridine rings is 1. The molecule has 104 valence electrons. The van der Waals surface area contributed by atoms with Gasteiger partial charge in [-0.1, -0.05) is 0 Å². The van der Waals surface area contributed by atoms with Crippen LogP contribution in [0.25, 0.3) is 0 Å². The number of nitrogens with one attached hydrogen (secondary N) is 1. The largest absolute Gasteiger partial charge is 0.373 e. The molecule has 7 heteroatoms. The average molecular weight is 282 g/mol. The van der Waals surface area contributed by atoms with E-state index < -0.39 is 0 Å². The van der Waals surface area contributed by atoms with Gasteiger partial charge in [0, 0.05) is 36.7 Å². The van der Waals surface area contributed by atoms with Gasteiger partial charge < -0.3 is 10.2 Å². The first-order valence-corrected chi connectivity index (χ1v) is 7.13. The Morgan fingerprint density at radius 1 is 1.53 bits per heavy atom. The zero-order valence-electron chi connectivity index (χ0n) is 11.3. The van der Waals surface area contributed by atoms with Crippen LogP contribution in [0.1, 0.15) is 13.8 Å². The first kappa shape index (κ1) is 13.9. The van der Waals surface area contributed by atoms with E-state index in [4.69, 9.17) is 0 Å². The van der Waals surface area contributed by atoms with Gasteiger partial charge in [0.15, 0.2) is 0 Å². The molecule has 1 aromatic rings. The van der Waals surface area contributed by atoms with Crippen molar-refractivity contribution in [3.63, 3.8) is 0 Å². The lowest BCUT2D eigenvalue weighted by molar-refractivity contribution is -0.384. The summed E-state index contributed by atoms with van der Waals surface area (Å²) >= 11 is 1.89. The fourth-order valence-electron chi connectivity index (χ4n) is 2.15. The Morgan fingerprint density at radius 3 is 2.84 bits per heavy atom. The number of aromatic nitrogens is 1. The molecule has 6 nitrogen and oxygen atoms in total. The van der Waals surface area contributed by atoms with Crippen molar-refractivity contribution in [3.8, 4) is 0 Å². The van der Waals surface area contributed by atoms with E-state index in [0.29, 0.717) is 11.6 Å². The van der Waals surface area contributed by atoms with Gasteiger partial charge in [-0.15, -0.1) is 0 Å². The number of anilines is 2. The molecule has 1 N–H and O–H groups in total. The van der Waals surface area contributed by atoms with Gasteiger partial charge in [0.05, 0.1) is 4.92 Å². The Bertz CT molecular complexity index is 493. The number of hydrogen-bond acceptors (Lipinski definition) is 6. The van der Waals surface area contributed by atoms with Crippen LogP contribution in [0.15, 0.2) is 12.1 Å². The average Bonchev–Trinajstić information content (AvgIpc) is 2.36. The minimum atomic E-state index is -0.365. The van der Waals surface area contributed by atoms with Crippen LogP contribution in [0.5, 0.6) is 0 Å². The molecule has 0 atom stereocenters. The highest BCUT2D eigenvalue weighted by atomic mass is 32.2. The van der Waals surface area contributed by atoms with E-state index in [1.165, 1.54) is 6.07 Å². The Morgan fingerprint density at radius 2 is 2.26 bits per heavy atom. The van der Waals surface area contributed by atoms with E-state index >= 15 is 0 Å². The molecule has 1 aliphatic heterocycles. The highest BCUT2D eigenvalue weighted by Gasteiger charge is 2.31. The van der Waals surface area contributed by atoms with Crippen LogP contribution in [0.4, 0.5) is 17.3 Å².